The molecule has 2 heterocycles. The number of alkyl halides is 3. The molecule has 24 heavy (non-hydrogen) atoms. The number of hydrogen-bond acceptors (Lipinski definition) is 4. The fourth-order valence-corrected chi connectivity index (χ4v) is 2.27. The van der Waals surface area contributed by atoms with E-state index in [1.807, 2.05) is 0 Å². The van der Waals surface area contributed by atoms with E-state index in [-0.39, 0.29) is 13.2 Å². The van der Waals surface area contributed by atoms with Crippen LogP contribution in [-0.2, 0) is 17.5 Å². The van der Waals surface area contributed by atoms with Crippen molar-refractivity contribution in [2.45, 2.75) is 18.8 Å². The smallest absolute Gasteiger partial charge is 0.416 e. The minimum atomic E-state index is -4.38. The maximum atomic E-state index is 12.5. The number of pyridine rings is 1. The van der Waals surface area contributed by atoms with E-state index in [0.717, 1.165) is 12.1 Å². The van der Waals surface area contributed by atoms with Crippen molar-refractivity contribution < 1.29 is 27.4 Å². The summed E-state index contributed by atoms with van der Waals surface area (Å²) in [6.45, 7) is 0.241. The molecule has 2 aromatic rings. The van der Waals surface area contributed by atoms with E-state index < -0.39 is 23.9 Å². The second kappa shape index (κ2) is 6.38. The molecule has 126 valence electrons. The van der Waals surface area contributed by atoms with Crippen LogP contribution in [0, 0.1) is 0 Å². The van der Waals surface area contributed by atoms with Gasteiger partial charge in [0.25, 0.3) is 0 Å². The number of rotatable bonds is 3. The average molecular weight is 338 g/mol. The quantitative estimate of drug-likeness (QED) is 0.931. The van der Waals surface area contributed by atoms with E-state index in [9.17, 15) is 18.0 Å². The molecule has 3 rings (SSSR count). The number of ether oxygens (including phenoxy) is 2. The Kier molecular flexibility index (Phi) is 4.28. The van der Waals surface area contributed by atoms with Gasteiger partial charge in [-0.1, -0.05) is 12.1 Å². The summed E-state index contributed by atoms with van der Waals surface area (Å²) in [5.74, 6) is 0.429. The highest BCUT2D eigenvalue weighted by molar-refractivity contribution is 5.67. The lowest BCUT2D eigenvalue weighted by Gasteiger charge is -2.12. The predicted molar refractivity (Wildman–Crippen MR) is 77.2 cm³/mol. The molecule has 0 saturated carbocycles. The first kappa shape index (κ1) is 16.1. The average Bonchev–Trinajstić information content (AvgIpc) is 2.96. The molecule has 1 N–H and O–H groups in total. The van der Waals surface area contributed by atoms with Gasteiger partial charge in [0, 0.05) is 12.7 Å². The van der Waals surface area contributed by atoms with E-state index in [1.54, 1.807) is 18.3 Å². The predicted octanol–water partition coefficient (Wildman–Crippen LogP) is 3.46. The molecule has 0 saturated heterocycles. The molecule has 1 aromatic heterocycles. The third-order valence-electron chi connectivity index (χ3n) is 3.49. The van der Waals surface area contributed by atoms with Crippen LogP contribution in [0.3, 0.4) is 0 Å². The van der Waals surface area contributed by atoms with E-state index in [0.29, 0.717) is 17.0 Å². The molecule has 1 aliphatic heterocycles. The van der Waals surface area contributed by atoms with Gasteiger partial charge in [-0.15, -0.1) is 0 Å². The van der Waals surface area contributed by atoms with Gasteiger partial charge in [-0.25, -0.2) is 9.78 Å². The molecule has 0 spiro atoms. The lowest BCUT2D eigenvalue weighted by atomic mass is 10.1. The Morgan fingerprint density at radius 1 is 1.29 bits per heavy atom. The highest BCUT2D eigenvalue weighted by Gasteiger charge is 2.30. The molecule has 1 unspecified atom stereocenters. The van der Waals surface area contributed by atoms with Crippen LogP contribution >= 0.6 is 0 Å². The Balaban J connectivity index is 1.53. The Morgan fingerprint density at radius 2 is 2.04 bits per heavy atom. The summed E-state index contributed by atoms with van der Waals surface area (Å²) in [7, 11) is 0. The van der Waals surface area contributed by atoms with Crippen molar-refractivity contribution in [2.75, 3.05) is 6.61 Å². The number of carbonyl (C=O) groups excluding carboxylic acids is 1. The van der Waals surface area contributed by atoms with Crippen molar-refractivity contribution in [3.05, 3.63) is 59.3 Å². The zero-order valence-corrected chi connectivity index (χ0v) is 12.3. The molecule has 1 aliphatic rings. The van der Waals surface area contributed by atoms with Crippen molar-refractivity contribution in [3.63, 3.8) is 0 Å². The molecule has 0 fully saturated rings. The maximum absolute atomic E-state index is 12.5. The summed E-state index contributed by atoms with van der Waals surface area (Å²) in [5.41, 5.74) is 0.480. The number of carbonyl (C=O) groups is 1. The standard InChI is InChI=1S/C16H13F3N2O3/c17-16(18,19)11-5-3-10(4-6-11)8-21-15(22)24-13-9-23-14-12(13)2-1-7-20-14/h1-7,13H,8-9H2,(H,21,22). The first-order valence-corrected chi connectivity index (χ1v) is 7.12. The fourth-order valence-electron chi connectivity index (χ4n) is 2.27. The highest BCUT2D eigenvalue weighted by Crippen LogP contribution is 2.32. The van der Waals surface area contributed by atoms with E-state index >= 15 is 0 Å². The first-order valence-electron chi connectivity index (χ1n) is 7.12. The van der Waals surface area contributed by atoms with Crippen LogP contribution in [0.25, 0.3) is 0 Å². The molecule has 1 amide bonds. The lowest BCUT2D eigenvalue weighted by Crippen LogP contribution is -2.26. The Labute approximate surface area is 135 Å². The van der Waals surface area contributed by atoms with E-state index in [1.165, 1.54) is 12.1 Å². The summed E-state index contributed by atoms with van der Waals surface area (Å²) in [6.07, 6.45) is -4.04. The van der Waals surface area contributed by atoms with Gasteiger partial charge in [0.1, 0.15) is 6.61 Å². The van der Waals surface area contributed by atoms with Crippen LogP contribution in [0.5, 0.6) is 5.88 Å². The van der Waals surface area contributed by atoms with Crippen LogP contribution in [0.4, 0.5) is 18.0 Å². The van der Waals surface area contributed by atoms with Gasteiger partial charge in [-0.05, 0) is 29.8 Å². The molecule has 1 aromatic carbocycles. The lowest BCUT2D eigenvalue weighted by molar-refractivity contribution is -0.137. The van der Waals surface area contributed by atoms with Crippen molar-refractivity contribution in [3.8, 4) is 5.88 Å². The number of amides is 1. The van der Waals surface area contributed by atoms with E-state index in [4.69, 9.17) is 9.47 Å². The largest absolute Gasteiger partial charge is 0.473 e. The SMILES string of the molecule is O=C(NCc1ccc(C(F)(F)F)cc1)OC1COc2ncccc21. The number of halogens is 3. The number of fused-ring (bicyclic) bond motifs is 1. The summed E-state index contributed by atoms with van der Waals surface area (Å²) in [6, 6.07) is 8.01. The van der Waals surface area contributed by atoms with Crippen LogP contribution in [0.15, 0.2) is 42.6 Å². The third-order valence-corrected chi connectivity index (χ3v) is 3.49. The molecule has 8 heteroatoms. The maximum Gasteiger partial charge on any atom is 0.416 e. The van der Waals surface area contributed by atoms with Crippen LogP contribution in [0.1, 0.15) is 22.8 Å². The molecular weight excluding hydrogens is 325 g/mol. The third kappa shape index (κ3) is 3.58. The van der Waals surface area contributed by atoms with Gasteiger partial charge in [0.15, 0.2) is 6.10 Å². The van der Waals surface area contributed by atoms with Crippen LogP contribution in [0.2, 0.25) is 0 Å². The van der Waals surface area contributed by atoms with Crippen LogP contribution in [-0.4, -0.2) is 17.7 Å². The molecule has 5 nitrogen and oxygen atoms in total. The van der Waals surface area contributed by atoms with Crippen molar-refractivity contribution >= 4 is 6.09 Å². The molecule has 0 bridgehead atoms. The zero-order chi connectivity index (χ0) is 17.2. The number of hydrogen-bond donors (Lipinski definition) is 1. The number of nitrogens with one attached hydrogen (secondary N) is 1. The van der Waals surface area contributed by atoms with Gasteiger partial charge in [0.2, 0.25) is 5.88 Å². The Bertz CT molecular complexity index is 732. The number of aromatic nitrogens is 1. The molecule has 1 atom stereocenters. The molecule has 0 radical (unpaired) electrons. The van der Waals surface area contributed by atoms with Gasteiger partial charge in [-0.3, -0.25) is 0 Å². The Hall–Kier alpha value is -2.77. The van der Waals surface area contributed by atoms with Gasteiger partial charge >= 0.3 is 12.3 Å². The topological polar surface area (TPSA) is 60.5 Å². The van der Waals surface area contributed by atoms with Crippen LogP contribution < -0.4 is 10.1 Å². The second-order valence-electron chi connectivity index (χ2n) is 5.15. The monoisotopic (exact) mass is 338 g/mol. The number of nitrogens with zero attached hydrogens (tertiary/aromatic N) is 1. The Morgan fingerprint density at radius 3 is 2.75 bits per heavy atom. The van der Waals surface area contributed by atoms with Crippen molar-refractivity contribution in [2.24, 2.45) is 0 Å². The minimum Gasteiger partial charge on any atom is -0.473 e. The summed E-state index contributed by atoms with van der Waals surface area (Å²) in [5, 5.41) is 2.50. The fraction of sp³-hybridized carbons (Fsp3) is 0.250. The second-order valence-corrected chi connectivity index (χ2v) is 5.15. The van der Waals surface area contributed by atoms with Gasteiger partial charge < -0.3 is 14.8 Å². The van der Waals surface area contributed by atoms with Crippen molar-refractivity contribution in [1.82, 2.24) is 10.3 Å². The first-order chi connectivity index (χ1) is 11.4. The van der Waals surface area contributed by atoms with Gasteiger partial charge in [0.05, 0.1) is 11.1 Å². The van der Waals surface area contributed by atoms with Gasteiger partial charge in [-0.2, -0.15) is 13.2 Å². The van der Waals surface area contributed by atoms with E-state index in [2.05, 4.69) is 10.3 Å². The molecular formula is C16H13F3N2O3. The summed E-state index contributed by atoms with van der Waals surface area (Å²) < 4.78 is 48.0. The van der Waals surface area contributed by atoms with Crippen molar-refractivity contribution in [1.29, 1.82) is 0 Å². The zero-order valence-electron chi connectivity index (χ0n) is 12.3. The highest BCUT2D eigenvalue weighted by atomic mass is 19.4. The summed E-state index contributed by atoms with van der Waals surface area (Å²) in [4.78, 5) is 15.8. The normalized spacial score (nSPS) is 16.2. The molecule has 0 aliphatic carbocycles. The number of alkyl carbamates (subject to hydrolysis) is 1. The summed E-state index contributed by atoms with van der Waals surface area (Å²) >= 11 is 0. The minimum absolute atomic E-state index is 0.0600. The number of benzene rings is 1.